The number of hydrogen-bond acceptors (Lipinski definition) is 6. The molecule has 0 fully saturated rings. The summed E-state index contributed by atoms with van der Waals surface area (Å²) in [6.45, 7) is 3.99. The van der Waals surface area contributed by atoms with E-state index in [0.717, 1.165) is 11.1 Å². The number of nitrogens with two attached hydrogens (primary N) is 1. The highest BCUT2D eigenvalue weighted by molar-refractivity contribution is 5.91. The number of rotatable bonds is 7. The zero-order valence-electron chi connectivity index (χ0n) is 18.6. The molecule has 0 unspecified atom stereocenters. The summed E-state index contributed by atoms with van der Waals surface area (Å²) in [4.78, 5) is 20.2. The van der Waals surface area contributed by atoms with Crippen molar-refractivity contribution in [2.45, 2.75) is 19.8 Å². The van der Waals surface area contributed by atoms with Crippen LogP contribution in [0, 0.1) is 5.82 Å². The molecule has 0 aliphatic rings. The van der Waals surface area contributed by atoms with Gasteiger partial charge in [0.15, 0.2) is 0 Å². The standard InChI is InChI=1S/C24H25FN6O2/c1-14(2)15-4-6-18(25)19(10-15)28-24-29-20-11-16(5-7-21(20)31(24)3)33-17-8-9-27-22(12-17)30-23(32)13-26/h4-12,14H,13,26H2,1-3H3,(H,28,29)(H,27,30,32). The number of carbonyl (C=O) groups is 1. The Morgan fingerprint density at radius 1 is 1.15 bits per heavy atom. The Bertz CT molecular complexity index is 1320. The first-order valence-electron chi connectivity index (χ1n) is 10.5. The maximum absolute atomic E-state index is 14.4. The van der Waals surface area contributed by atoms with Gasteiger partial charge < -0.3 is 25.7 Å². The van der Waals surface area contributed by atoms with Gasteiger partial charge in [0.05, 0.1) is 23.3 Å². The predicted octanol–water partition coefficient (Wildman–Crippen LogP) is 4.66. The number of pyridine rings is 1. The van der Waals surface area contributed by atoms with E-state index < -0.39 is 0 Å². The number of halogens is 1. The first-order chi connectivity index (χ1) is 15.8. The molecular weight excluding hydrogens is 423 g/mol. The number of benzene rings is 2. The van der Waals surface area contributed by atoms with Crippen LogP contribution in [0.4, 0.5) is 21.8 Å². The largest absolute Gasteiger partial charge is 0.457 e. The Kier molecular flexibility index (Phi) is 6.23. The van der Waals surface area contributed by atoms with Crippen molar-refractivity contribution in [3.05, 3.63) is 66.1 Å². The van der Waals surface area contributed by atoms with E-state index in [1.54, 1.807) is 30.3 Å². The van der Waals surface area contributed by atoms with Crippen molar-refractivity contribution in [2.24, 2.45) is 12.8 Å². The number of nitrogens with one attached hydrogen (secondary N) is 2. The Hall–Kier alpha value is -3.98. The topological polar surface area (TPSA) is 107 Å². The monoisotopic (exact) mass is 448 g/mol. The lowest BCUT2D eigenvalue weighted by molar-refractivity contribution is -0.114. The van der Waals surface area contributed by atoms with Gasteiger partial charge in [0.2, 0.25) is 11.9 Å². The zero-order valence-corrected chi connectivity index (χ0v) is 18.6. The molecule has 33 heavy (non-hydrogen) atoms. The fourth-order valence-corrected chi connectivity index (χ4v) is 3.35. The van der Waals surface area contributed by atoms with E-state index in [0.29, 0.717) is 34.5 Å². The number of aromatic nitrogens is 3. The highest BCUT2D eigenvalue weighted by atomic mass is 19.1. The van der Waals surface area contributed by atoms with E-state index >= 15 is 0 Å². The van der Waals surface area contributed by atoms with Gasteiger partial charge in [-0.05, 0) is 41.8 Å². The van der Waals surface area contributed by atoms with Crippen LogP contribution in [0.2, 0.25) is 0 Å². The second-order valence-electron chi connectivity index (χ2n) is 7.90. The quantitative estimate of drug-likeness (QED) is 0.379. The summed E-state index contributed by atoms with van der Waals surface area (Å²) in [5, 5.41) is 5.69. The number of nitrogens with zero attached hydrogens (tertiary/aromatic N) is 3. The average Bonchev–Trinajstić information content (AvgIpc) is 3.09. The lowest BCUT2D eigenvalue weighted by Crippen LogP contribution is -2.22. The van der Waals surface area contributed by atoms with Crippen molar-refractivity contribution >= 4 is 34.4 Å². The summed E-state index contributed by atoms with van der Waals surface area (Å²) in [6, 6.07) is 13.8. The van der Waals surface area contributed by atoms with Crippen LogP contribution in [-0.2, 0) is 11.8 Å². The van der Waals surface area contributed by atoms with Gasteiger partial charge in [0.25, 0.3) is 0 Å². The first kappa shape index (κ1) is 22.2. The molecule has 9 heteroatoms. The van der Waals surface area contributed by atoms with E-state index in [2.05, 4.69) is 34.4 Å². The Morgan fingerprint density at radius 3 is 2.70 bits per heavy atom. The van der Waals surface area contributed by atoms with Crippen LogP contribution in [0.5, 0.6) is 11.5 Å². The lowest BCUT2D eigenvalue weighted by Gasteiger charge is -2.11. The molecule has 4 N–H and O–H groups in total. The zero-order chi connectivity index (χ0) is 23.5. The minimum absolute atomic E-state index is 0.134. The van der Waals surface area contributed by atoms with Crippen LogP contribution >= 0.6 is 0 Å². The molecule has 0 spiro atoms. The third kappa shape index (κ3) is 4.93. The van der Waals surface area contributed by atoms with E-state index in [1.165, 1.54) is 12.3 Å². The molecule has 4 aromatic rings. The maximum Gasteiger partial charge on any atom is 0.239 e. The van der Waals surface area contributed by atoms with Crippen molar-refractivity contribution in [1.82, 2.24) is 14.5 Å². The van der Waals surface area contributed by atoms with Gasteiger partial charge in [-0.25, -0.2) is 14.4 Å². The van der Waals surface area contributed by atoms with E-state index in [9.17, 15) is 9.18 Å². The molecule has 4 rings (SSSR count). The molecule has 2 aromatic carbocycles. The van der Waals surface area contributed by atoms with E-state index in [-0.39, 0.29) is 24.2 Å². The van der Waals surface area contributed by atoms with E-state index in [4.69, 9.17) is 10.5 Å². The van der Waals surface area contributed by atoms with Gasteiger partial charge >= 0.3 is 0 Å². The second kappa shape index (κ2) is 9.25. The number of hydrogen-bond donors (Lipinski definition) is 3. The molecule has 2 heterocycles. The highest BCUT2D eigenvalue weighted by Crippen LogP contribution is 2.30. The Morgan fingerprint density at radius 2 is 1.94 bits per heavy atom. The molecule has 2 aromatic heterocycles. The molecule has 0 atom stereocenters. The van der Waals surface area contributed by atoms with Crippen LogP contribution in [0.25, 0.3) is 11.0 Å². The number of anilines is 3. The molecule has 1 amide bonds. The average molecular weight is 449 g/mol. The van der Waals surface area contributed by atoms with Crippen molar-refractivity contribution in [2.75, 3.05) is 17.2 Å². The third-order valence-corrected chi connectivity index (χ3v) is 5.18. The number of amides is 1. The van der Waals surface area contributed by atoms with Crippen LogP contribution < -0.4 is 21.1 Å². The second-order valence-corrected chi connectivity index (χ2v) is 7.90. The van der Waals surface area contributed by atoms with Crippen molar-refractivity contribution < 1.29 is 13.9 Å². The van der Waals surface area contributed by atoms with Crippen LogP contribution in [-0.4, -0.2) is 27.0 Å². The smallest absolute Gasteiger partial charge is 0.239 e. The molecule has 0 bridgehead atoms. The van der Waals surface area contributed by atoms with Crippen LogP contribution in [0.15, 0.2) is 54.7 Å². The van der Waals surface area contributed by atoms with Crippen molar-refractivity contribution in [3.8, 4) is 11.5 Å². The third-order valence-electron chi connectivity index (χ3n) is 5.18. The molecule has 170 valence electrons. The molecule has 0 radical (unpaired) electrons. The van der Waals surface area contributed by atoms with Gasteiger partial charge in [-0.3, -0.25) is 4.79 Å². The summed E-state index contributed by atoms with van der Waals surface area (Å²) in [7, 11) is 1.86. The summed E-state index contributed by atoms with van der Waals surface area (Å²) in [5.41, 5.74) is 8.27. The SMILES string of the molecule is CC(C)c1ccc(F)c(Nc2nc3cc(Oc4ccnc(NC(=O)CN)c4)ccc3n2C)c1. The summed E-state index contributed by atoms with van der Waals surface area (Å²) in [6.07, 6.45) is 1.53. The molecular formula is C24H25FN6O2. The van der Waals surface area contributed by atoms with Crippen LogP contribution in [0.1, 0.15) is 25.3 Å². The maximum atomic E-state index is 14.4. The molecule has 8 nitrogen and oxygen atoms in total. The number of ether oxygens (including phenoxy) is 1. The van der Waals surface area contributed by atoms with Crippen molar-refractivity contribution in [1.29, 1.82) is 0 Å². The number of imidazole rings is 1. The Labute approximate surface area is 190 Å². The minimum Gasteiger partial charge on any atom is -0.457 e. The number of aryl methyl sites for hydroxylation is 1. The van der Waals surface area contributed by atoms with Crippen LogP contribution in [0.3, 0.4) is 0 Å². The van der Waals surface area contributed by atoms with Gasteiger partial charge in [0, 0.05) is 25.4 Å². The summed E-state index contributed by atoms with van der Waals surface area (Å²) >= 11 is 0. The number of fused-ring (bicyclic) bond motifs is 1. The molecule has 0 saturated heterocycles. The highest BCUT2D eigenvalue weighted by Gasteiger charge is 2.13. The Balaban J connectivity index is 1.58. The molecule has 0 aliphatic carbocycles. The minimum atomic E-state index is -0.343. The van der Waals surface area contributed by atoms with E-state index in [1.807, 2.05) is 23.7 Å². The van der Waals surface area contributed by atoms with Gasteiger partial charge in [-0.2, -0.15) is 0 Å². The fourth-order valence-electron chi connectivity index (χ4n) is 3.35. The number of carbonyl (C=O) groups excluding carboxylic acids is 1. The molecule has 0 saturated carbocycles. The summed E-state index contributed by atoms with van der Waals surface area (Å²) < 4.78 is 22.2. The van der Waals surface area contributed by atoms with Gasteiger partial charge in [0.1, 0.15) is 23.1 Å². The first-order valence-corrected chi connectivity index (χ1v) is 10.5. The molecule has 0 aliphatic heterocycles. The summed E-state index contributed by atoms with van der Waals surface area (Å²) in [5.74, 6) is 1.51. The van der Waals surface area contributed by atoms with Crippen molar-refractivity contribution in [3.63, 3.8) is 0 Å². The fraction of sp³-hybridized carbons (Fsp3) is 0.208. The normalized spacial score (nSPS) is 11.1. The predicted molar refractivity (Wildman–Crippen MR) is 126 cm³/mol. The lowest BCUT2D eigenvalue weighted by atomic mass is 10.0. The van der Waals surface area contributed by atoms with Gasteiger partial charge in [-0.15, -0.1) is 0 Å². The van der Waals surface area contributed by atoms with Gasteiger partial charge in [-0.1, -0.05) is 19.9 Å².